The van der Waals surface area contributed by atoms with Gasteiger partial charge in [0.1, 0.15) is 5.92 Å². The van der Waals surface area contributed by atoms with Crippen LogP contribution in [0.5, 0.6) is 0 Å². The molecule has 0 aliphatic heterocycles. The molecular formula is C14H24N2O3S. The van der Waals surface area contributed by atoms with E-state index in [1.54, 1.807) is 18.7 Å². The quantitative estimate of drug-likeness (QED) is 0.750. The van der Waals surface area contributed by atoms with Gasteiger partial charge in [-0.25, -0.2) is 0 Å². The van der Waals surface area contributed by atoms with E-state index in [2.05, 4.69) is 30.9 Å². The van der Waals surface area contributed by atoms with Gasteiger partial charge in [-0.2, -0.15) is 4.98 Å². The first-order valence-corrected chi connectivity index (χ1v) is 7.86. The lowest BCUT2D eigenvalue weighted by Crippen LogP contribution is -2.21. The predicted octanol–water partition coefficient (Wildman–Crippen LogP) is 3.40. The summed E-state index contributed by atoms with van der Waals surface area (Å²) in [5.74, 6) is 0.896. The zero-order chi connectivity index (χ0) is 15.3. The van der Waals surface area contributed by atoms with Gasteiger partial charge in [0.05, 0.1) is 12.4 Å². The number of esters is 1. The highest BCUT2D eigenvalue weighted by atomic mass is 32.2. The van der Waals surface area contributed by atoms with Gasteiger partial charge < -0.3 is 9.26 Å². The van der Waals surface area contributed by atoms with Crippen molar-refractivity contribution in [2.45, 2.75) is 58.0 Å². The molecule has 0 aliphatic rings. The predicted molar refractivity (Wildman–Crippen MR) is 79.6 cm³/mol. The molecule has 114 valence electrons. The molecule has 0 fully saturated rings. The van der Waals surface area contributed by atoms with Crippen LogP contribution < -0.4 is 0 Å². The minimum absolute atomic E-state index is 0.0534. The second-order valence-electron chi connectivity index (χ2n) is 5.92. The van der Waals surface area contributed by atoms with E-state index in [4.69, 9.17) is 9.26 Å². The van der Waals surface area contributed by atoms with E-state index in [-0.39, 0.29) is 16.6 Å². The molecule has 0 bridgehead atoms. The maximum atomic E-state index is 12.0. The lowest BCUT2D eigenvalue weighted by molar-refractivity contribution is -0.146. The van der Waals surface area contributed by atoms with Crippen LogP contribution in [0.4, 0.5) is 0 Å². The summed E-state index contributed by atoms with van der Waals surface area (Å²) >= 11 is 1.74. The average molecular weight is 300 g/mol. The summed E-state index contributed by atoms with van der Waals surface area (Å²) in [5.41, 5.74) is 0. The van der Waals surface area contributed by atoms with Crippen molar-refractivity contribution in [2.24, 2.45) is 5.92 Å². The van der Waals surface area contributed by atoms with E-state index in [0.29, 0.717) is 24.1 Å². The highest BCUT2D eigenvalue weighted by Crippen LogP contribution is 2.28. The first-order valence-electron chi connectivity index (χ1n) is 6.87. The highest BCUT2D eigenvalue weighted by molar-refractivity contribution is 7.99. The fourth-order valence-electron chi connectivity index (χ4n) is 1.62. The zero-order valence-corrected chi connectivity index (χ0v) is 13.9. The van der Waals surface area contributed by atoms with Crippen LogP contribution in [-0.2, 0) is 15.3 Å². The maximum absolute atomic E-state index is 12.0. The smallest absolute Gasteiger partial charge is 0.318 e. The molecule has 0 aliphatic carbocycles. The fraction of sp³-hybridized carbons (Fsp3) is 0.786. The van der Waals surface area contributed by atoms with Crippen LogP contribution in [0, 0.1) is 5.92 Å². The summed E-state index contributed by atoms with van der Waals surface area (Å²) in [6, 6.07) is 0. The van der Waals surface area contributed by atoms with Gasteiger partial charge in [0, 0.05) is 4.75 Å². The third-order valence-electron chi connectivity index (χ3n) is 2.59. The molecule has 1 heterocycles. The lowest BCUT2D eigenvalue weighted by atomic mass is 9.96. The SMILES string of the molecule is CCOC(=O)C(c1nc(CSC(C)(C)C)no1)C(C)C. The molecule has 0 amide bonds. The molecule has 20 heavy (non-hydrogen) atoms. The average Bonchev–Trinajstić information content (AvgIpc) is 2.74. The molecule has 1 unspecified atom stereocenters. The molecule has 0 spiro atoms. The van der Waals surface area contributed by atoms with Gasteiger partial charge in [0.2, 0.25) is 5.89 Å². The number of rotatable bonds is 6. The summed E-state index contributed by atoms with van der Waals surface area (Å²) in [7, 11) is 0. The fourth-order valence-corrected chi connectivity index (χ4v) is 2.30. The summed E-state index contributed by atoms with van der Waals surface area (Å²) in [6.07, 6.45) is 0. The van der Waals surface area contributed by atoms with Crippen molar-refractivity contribution in [1.29, 1.82) is 0 Å². The molecular weight excluding hydrogens is 276 g/mol. The van der Waals surface area contributed by atoms with Crippen molar-refractivity contribution < 1.29 is 14.1 Å². The molecule has 0 saturated carbocycles. The number of carbonyl (C=O) groups excluding carboxylic acids is 1. The Kier molecular flexibility index (Phi) is 6.05. The van der Waals surface area contributed by atoms with Crippen molar-refractivity contribution >= 4 is 17.7 Å². The number of hydrogen-bond donors (Lipinski definition) is 0. The van der Waals surface area contributed by atoms with Crippen LogP contribution in [0.2, 0.25) is 0 Å². The van der Waals surface area contributed by atoms with Crippen LogP contribution >= 0.6 is 11.8 Å². The third kappa shape index (κ3) is 5.15. The molecule has 1 rings (SSSR count). The van der Waals surface area contributed by atoms with Crippen LogP contribution in [0.1, 0.15) is 59.2 Å². The second-order valence-corrected chi connectivity index (χ2v) is 7.73. The first kappa shape index (κ1) is 17.0. The molecule has 0 saturated heterocycles. The normalized spacial score (nSPS) is 13.6. The lowest BCUT2D eigenvalue weighted by Gasteiger charge is -2.16. The van der Waals surface area contributed by atoms with Crippen molar-refractivity contribution in [3.05, 3.63) is 11.7 Å². The Morgan fingerprint density at radius 2 is 2.05 bits per heavy atom. The Morgan fingerprint density at radius 1 is 1.40 bits per heavy atom. The number of nitrogens with zero attached hydrogens (tertiary/aromatic N) is 2. The molecule has 0 aromatic carbocycles. The van der Waals surface area contributed by atoms with Crippen LogP contribution in [0.25, 0.3) is 0 Å². The van der Waals surface area contributed by atoms with E-state index in [9.17, 15) is 4.79 Å². The molecule has 6 heteroatoms. The Hall–Kier alpha value is -1.04. The topological polar surface area (TPSA) is 65.2 Å². The summed E-state index contributed by atoms with van der Waals surface area (Å²) in [5, 5.41) is 3.95. The van der Waals surface area contributed by atoms with Crippen LogP contribution in [0.15, 0.2) is 4.52 Å². The summed E-state index contributed by atoms with van der Waals surface area (Å²) in [6.45, 7) is 12.4. The molecule has 1 atom stereocenters. The number of carbonyl (C=O) groups is 1. The monoisotopic (exact) mass is 300 g/mol. The van der Waals surface area contributed by atoms with Gasteiger partial charge in [-0.3, -0.25) is 4.79 Å². The van der Waals surface area contributed by atoms with Gasteiger partial charge in [-0.1, -0.05) is 39.8 Å². The minimum atomic E-state index is -0.490. The molecule has 1 aromatic rings. The first-order chi connectivity index (χ1) is 9.24. The summed E-state index contributed by atoms with van der Waals surface area (Å²) < 4.78 is 10.5. The Bertz CT molecular complexity index is 438. The van der Waals surface area contributed by atoms with Crippen LogP contribution in [-0.4, -0.2) is 27.5 Å². The van der Waals surface area contributed by atoms with Crippen molar-refractivity contribution in [2.75, 3.05) is 6.61 Å². The molecule has 5 nitrogen and oxygen atoms in total. The second kappa shape index (κ2) is 7.11. The highest BCUT2D eigenvalue weighted by Gasteiger charge is 2.31. The van der Waals surface area contributed by atoms with Gasteiger partial charge >= 0.3 is 5.97 Å². The van der Waals surface area contributed by atoms with Gasteiger partial charge in [0.25, 0.3) is 0 Å². The van der Waals surface area contributed by atoms with E-state index < -0.39 is 5.92 Å². The zero-order valence-electron chi connectivity index (χ0n) is 13.1. The minimum Gasteiger partial charge on any atom is -0.465 e. The van der Waals surface area contributed by atoms with Crippen molar-refractivity contribution in [3.63, 3.8) is 0 Å². The van der Waals surface area contributed by atoms with E-state index in [1.165, 1.54) is 0 Å². The number of ether oxygens (including phenoxy) is 1. The Balaban J connectivity index is 2.79. The Morgan fingerprint density at radius 3 is 2.55 bits per heavy atom. The van der Waals surface area contributed by atoms with E-state index in [1.807, 2.05) is 13.8 Å². The van der Waals surface area contributed by atoms with Crippen molar-refractivity contribution in [3.8, 4) is 0 Å². The number of aromatic nitrogens is 2. The maximum Gasteiger partial charge on any atom is 0.318 e. The number of hydrogen-bond acceptors (Lipinski definition) is 6. The summed E-state index contributed by atoms with van der Waals surface area (Å²) in [4.78, 5) is 16.3. The van der Waals surface area contributed by atoms with Crippen molar-refractivity contribution in [1.82, 2.24) is 10.1 Å². The van der Waals surface area contributed by atoms with Crippen LogP contribution in [0.3, 0.4) is 0 Å². The molecule has 0 N–H and O–H groups in total. The van der Waals surface area contributed by atoms with E-state index in [0.717, 1.165) is 0 Å². The molecule has 0 radical (unpaired) electrons. The van der Waals surface area contributed by atoms with Gasteiger partial charge in [0.15, 0.2) is 5.82 Å². The van der Waals surface area contributed by atoms with E-state index >= 15 is 0 Å². The Labute approximate surface area is 124 Å². The number of thioether (sulfide) groups is 1. The molecule has 1 aromatic heterocycles. The third-order valence-corrected chi connectivity index (χ3v) is 3.86. The largest absolute Gasteiger partial charge is 0.465 e. The van der Waals surface area contributed by atoms with Gasteiger partial charge in [-0.05, 0) is 12.8 Å². The standard InChI is InChI=1S/C14H24N2O3S/c1-7-18-13(17)11(9(2)3)12-15-10(16-19-12)8-20-14(4,5)6/h9,11H,7-8H2,1-6H3. The van der Waals surface area contributed by atoms with Gasteiger partial charge in [-0.15, -0.1) is 11.8 Å².